The van der Waals surface area contributed by atoms with Gasteiger partial charge in [-0.05, 0) is 63.4 Å². The topological polar surface area (TPSA) is 52.8 Å². The molecule has 5 nitrogen and oxygen atoms in total. The number of hydrogen-bond donors (Lipinski definition) is 0. The number of pyridine rings is 1. The third kappa shape index (κ3) is 3.17. The van der Waals surface area contributed by atoms with Gasteiger partial charge in [-0.15, -0.1) is 11.3 Å². The summed E-state index contributed by atoms with van der Waals surface area (Å²) in [7, 11) is 1.72. The van der Waals surface area contributed by atoms with Gasteiger partial charge in [-0.1, -0.05) is 0 Å². The Morgan fingerprint density at radius 1 is 1.36 bits per heavy atom. The molecule has 0 aromatic carbocycles. The van der Waals surface area contributed by atoms with Crippen molar-refractivity contribution < 1.29 is 4.74 Å². The number of hydrogen-bond acceptors (Lipinski definition) is 5. The molecule has 0 unspecified atom stereocenters. The van der Waals surface area contributed by atoms with Crippen molar-refractivity contribution in [2.24, 2.45) is 0 Å². The maximum absolute atomic E-state index is 6.15. The maximum atomic E-state index is 6.15. The van der Waals surface area contributed by atoms with Gasteiger partial charge in [0.25, 0.3) is 0 Å². The highest BCUT2D eigenvalue weighted by atomic mass is 79.9. The second-order valence-electron chi connectivity index (χ2n) is 5.60. The summed E-state index contributed by atoms with van der Waals surface area (Å²) in [6.07, 6.45) is 5.87. The number of ether oxygens (including phenoxy) is 1. The Labute approximate surface area is 161 Å². The molecule has 0 aliphatic heterocycles. The highest BCUT2D eigenvalue weighted by Gasteiger charge is 2.16. The van der Waals surface area contributed by atoms with Gasteiger partial charge in [0.2, 0.25) is 5.28 Å². The first-order chi connectivity index (χ1) is 12.2. The molecule has 0 atom stereocenters. The minimum absolute atomic E-state index is 0.247. The normalized spacial score (nSPS) is 11.6. The van der Waals surface area contributed by atoms with E-state index in [-0.39, 0.29) is 5.28 Å². The minimum Gasteiger partial charge on any atom is -0.385 e. The van der Waals surface area contributed by atoms with Gasteiger partial charge < -0.3 is 4.74 Å². The van der Waals surface area contributed by atoms with Crippen LogP contribution < -0.4 is 0 Å². The molecular formula is C17H14BrClN4OS. The lowest BCUT2D eigenvalue weighted by Gasteiger charge is -2.06. The zero-order valence-electron chi connectivity index (χ0n) is 13.4. The first-order valence-corrected chi connectivity index (χ1v) is 9.78. The monoisotopic (exact) mass is 436 g/mol. The fourth-order valence-corrected chi connectivity index (χ4v) is 4.23. The van der Waals surface area contributed by atoms with E-state index in [0.29, 0.717) is 0 Å². The van der Waals surface area contributed by atoms with Crippen LogP contribution in [0.2, 0.25) is 5.28 Å². The molecule has 0 aliphatic rings. The van der Waals surface area contributed by atoms with E-state index in [2.05, 4.69) is 41.6 Å². The molecule has 0 radical (unpaired) electrons. The average Bonchev–Trinajstić information content (AvgIpc) is 3.19. The van der Waals surface area contributed by atoms with Crippen LogP contribution in [0.4, 0.5) is 0 Å². The Bertz CT molecular complexity index is 1060. The highest BCUT2D eigenvalue weighted by Crippen LogP contribution is 2.32. The largest absolute Gasteiger partial charge is 0.385 e. The summed E-state index contributed by atoms with van der Waals surface area (Å²) in [6, 6.07) is 3.96. The molecule has 128 valence electrons. The summed E-state index contributed by atoms with van der Waals surface area (Å²) < 4.78 is 9.06. The van der Waals surface area contributed by atoms with Gasteiger partial charge in [0.1, 0.15) is 4.60 Å². The SMILES string of the molecule is COCCCc1cn(-c2nc(Cl)nc3ccsc23)c2cc(Br)ncc12. The molecule has 0 aliphatic carbocycles. The number of methoxy groups -OCH3 is 1. The van der Waals surface area contributed by atoms with E-state index >= 15 is 0 Å². The molecule has 4 heterocycles. The van der Waals surface area contributed by atoms with Crippen molar-refractivity contribution in [3.05, 3.63) is 45.4 Å². The van der Waals surface area contributed by atoms with Crippen molar-refractivity contribution in [2.45, 2.75) is 12.8 Å². The Balaban J connectivity index is 1.94. The molecule has 0 saturated carbocycles. The van der Waals surface area contributed by atoms with E-state index < -0.39 is 0 Å². The van der Waals surface area contributed by atoms with Crippen molar-refractivity contribution in [1.82, 2.24) is 19.5 Å². The number of aromatic nitrogens is 4. The van der Waals surface area contributed by atoms with E-state index in [4.69, 9.17) is 16.3 Å². The summed E-state index contributed by atoms with van der Waals surface area (Å²) in [6.45, 7) is 0.727. The molecule has 0 bridgehead atoms. The Morgan fingerprint density at radius 2 is 2.24 bits per heavy atom. The maximum Gasteiger partial charge on any atom is 0.224 e. The molecule has 8 heteroatoms. The zero-order chi connectivity index (χ0) is 17.4. The molecule has 4 aromatic heterocycles. The lowest BCUT2D eigenvalue weighted by molar-refractivity contribution is 0.195. The third-order valence-electron chi connectivity index (χ3n) is 4.02. The van der Waals surface area contributed by atoms with Crippen LogP contribution in [0.5, 0.6) is 0 Å². The lowest BCUT2D eigenvalue weighted by atomic mass is 10.1. The summed E-state index contributed by atoms with van der Waals surface area (Å²) in [5.41, 5.74) is 3.11. The third-order valence-corrected chi connectivity index (χ3v) is 5.52. The van der Waals surface area contributed by atoms with Gasteiger partial charge in [-0.25, -0.2) is 9.97 Å². The number of fused-ring (bicyclic) bond motifs is 2. The van der Waals surface area contributed by atoms with Crippen molar-refractivity contribution in [1.29, 1.82) is 0 Å². The standard InChI is InChI=1S/C17H14BrClN4OS/c1-24-5-2-3-10-9-23(13-7-14(18)20-8-11(10)13)16-15-12(4-6-25-15)21-17(19)22-16/h4,6-9H,2-3,5H2,1H3. The number of aryl methyl sites for hydroxylation is 1. The first-order valence-electron chi connectivity index (χ1n) is 7.73. The van der Waals surface area contributed by atoms with Crippen LogP contribution in [0.3, 0.4) is 0 Å². The van der Waals surface area contributed by atoms with Crippen LogP contribution in [0.25, 0.3) is 26.9 Å². The Hall–Kier alpha value is -1.54. The molecular weight excluding hydrogens is 424 g/mol. The van der Waals surface area contributed by atoms with E-state index in [1.807, 2.05) is 23.7 Å². The number of rotatable bonds is 5. The van der Waals surface area contributed by atoms with Gasteiger partial charge in [-0.2, -0.15) is 4.98 Å². The molecule has 4 aromatic rings. The first kappa shape index (κ1) is 16.9. The number of thiophene rings is 1. The van der Waals surface area contributed by atoms with Gasteiger partial charge >= 0.3 is 0 Å². The van der Waals surface area contributed by atoms with Crippen molar-refractivity contribution in [3.8, 4) is 5.82 Å². The van der Waals surface area contributed by atoms with Crippen LogP contribution in [-0.4, -0.2) is 33.2 Å². The quantitative estimate of drug-likeness (QED) is 0.250. The Kier molecular flexibility index (Phi) is 4.73. The van der Waals surface area contributed by atoms with Gasteiger partial charge in [0, 0.05) is 31.5 Å². The number of nitrogens with zero attached hydrogens (tertiary/aromatic N) is 4. The van der Waals surface area contributed by atoms with Gasteiger partial charge in [-0.3, -0.25) is 4.57 Å². The van der Waals surface area contributed by atoms with Gasteiger partial charge in [0.15, 0.2) is 5.82 Å². The van der Waals surface area contributed by atoms with Crippen LogP contribution in [-0.2, 0) is 11.2 Å². The van der Waals surface area contributed by atoms with E-state index in [1.165, 1.54) is 5.56 Å². The van der Waals surface area contributed by atoms with E-state index in [9.17, 15) is 0 Å². The highest BCUT2D eigenvalue weighted by molar-refractivity contribution is 9.10. The van der Waals surface area contributed by atoms with E-state index in [0.717, 1.165) is 51.0 Å². The summed E-state index contributed by atoms with van der Waals surface area (Å²) in [5, 5.41) is 3.36. The zero-order valence-corrected chi connectivity index (χ0v) is 16.5. The molecule has 4 rings (SSSR count). The second kappa shape index (κ2) is 6.99. The van der Waals surface area contributed by atoms with Crippen molar-refractivity contribution >= 4 is 60.0 Å². The minimum atomic E-state index is 0.247. The summed E-state index contributed by atoms with van der Waals surface area (Å²) >= 11 is 11.2. The fourth-order valence-electron chi connectivity index (χ4n) is 2.93. The molecule has 25 heavy (non-hydrogen) atoms. The van der Waals surface area contributed by atoms with Crippen LogP contribution in [0.15, 0.2) is 34.5 Å². The van der Waals surface area contributed by atoms with E-state index in [1.54, 1.807) is 18.4 Å². The molecule has 0 N–H and O–H groups in total. The predicted molar refractivity (Wildman–Crippen MR) is 105 cm³/mol. The molecule has 0 saturated heterocycles. The van der Waals surface area contributed by atoms with Crippen LogP contribution in [0, 0.1) is 0 Å². The van der Waals surface area contributed by atoms with Crippen LogP contribution in [0.1, 0.15) is 12.0 Å². The fraction of sp³-hybridized carbons (Fsp3) is 0.235. The average molecular weight is 438 g/mol. The second-order valence-corrected chi connectivity index (χ2v) is 7.66. The smallest absolute Gasteiger partial charge is 0.224 e. The van der Waals surface area contributed by atoms with Crippen molar-refractivity contribution in [3.63, 3.8) is 0 Å². The lowest BCUT2D eigenvalue weighted by Crippen LogP contribution is -1.98. The van der Waals surface area contributed by atoms with Gasteiger partial charge in [0.05, 0.1) is 15.7 Å². The molecule has 0 spiro atoms. The van der Waals surface area contributed by atoms with Crippen molar-refractivity contribution in [2.75, 3.05) is 13.7 Å². The number of halogens is 2. The molecule has 0 amide bonds. The summed E-state index contributed by atoms with van der Waals surface area (Å²) in [4.78, 5) is 13.2. The predicted octanol–water partition coefficient (Wildman–Crippen LogP) is 5.03. The summed E-state index contributed by atoms with van der Waals surface area (Å²) in [5.74, 6) is 0.797. The molecule has 0 fully saturated rings. The Morgan fingerprint density at radius 3 is 3.08 bits per heavy atom. The van der Waals surface area contributed by atoms with Crippen LogP contribution >= 0.6 is 38.9 Å².